The second kappa shape index (κ2) is 7.09. The molecule has 0 bridgehead atoms. The molecule has 0 saturated heterocycles. The van der Waals surface area contributed by atoms with Gasteiger partial charge in [0.2, 0.25) is 0 Å². The highest BCUT2D eigenvalue weighted by Crippen LogP contribution is 2.21. The van der Waals surface area contributed by atoms with Gasteiger partial charge in [-0.15, -0.1) is 11.3 Å². The molecule has 1 aromatic heterocycles. The lowest BCUT2D eigenvalue weighted by Gasteiger charge is -2.21. The minimum atomic E-state index is -0.926. The number of benzene rings is 1. The van der Waals surface area contributed by atoms with Crippen LogP contribution < -0.4 is 4.90 Å². The van der Waals surface area contributed by atoms with Gasteiger partial charge in [-0.1, -0.05) is 12.1 Å². The predicted octanol–water partition coefficient (Wildman–Crippen LogP) is 3.83. The lowest BCUT2D eigenvalue weighted by atomic mass is 10.1. The van der Waals surface area contributed by atoms with Crippen LogP contribution in [0.15, 0.2) is 41.8 Å². The van der Waals surface area contributed by atoms with Gasteiger partial charge in [-0.05, 0) is 54.1 Å². The number of carboxylic acids is 1. The summed E-state index contributed by atoms with van der Waals surface area (Å²) in [5.41, 5.74) is 3.24. The lowest BCUT2D eigenvalue weighted by Crippen LogP contribution is -2.20. The Morgan fingerprint density at radius 3 is 2.81 bits per heavy atom. The Morgan fingerprint density at radius 1 is 1.38 bits per heavy atom. The van der Waals surface area contributed by atoms with Crippen LogP contribution >= 0.6 is 11.3 Å². The summed E-state index contributed by atoms with van der Waals surface area (Å²) in [6, 6.07) is 10.2. The van der Waals surface area contributed by atoms with Crippen molar-refractivity contribution in [3.05, 3.63) is 57.8 Å². The Kier molecular flexibility index (Phi) is 5.17. The van der Waals surface area contributed by atoms with Crippen molar-refractivity contribution in [2.45, 2.75) is 13.3 Å². The molecule has 0 saturated carbocycles. The smallest absolute Gasteiger partial charge is 0.328 e. The van der Waals surface area contributed by atoms with E-state index in [1.807, 2.05) is 18.2 Å². The monoisotopic (exact) mass is 301 g/mol. The number of nitrogens with zero attached hydrogens (tertiary/aromatic N) is 1. The average Bonchev–Trinajstić information content (AvgIpc) is 2.96. The van der Waals surface area contributed by atoms with E-state index in [0.717, 1.165) is 30.2 Å². The largest absolute Gasteiger partial charge is 0.478 e. The molecule has 0 atom stereocenters. The molecule has 0 unspecified atom stereocenters. The zero-order valence-electron chi connectivity index (χ0n) is 12.2. The molecule has 110 valence electrons. The Morgan fingerprint density at radius 2 is 2.19 bits per heavy atom. The van der Waals surface area contributed by atoms with Crippen LogP contribution in [-0.2, 0) is 11.2 Å². The summed E-state index contributed by atoms with van der Waals surface area (Å²) < 4.78 is 0. The predicted molar refractivity (Wildman–Crippen MR) is 89.1 cm³/mol. The Balaban J connectivity index is 2.03. The van der Waals surface area contributed by atoms with Crippen molar-refractivity contribution in [3.8, 4) is 0 Å². The fourth-order valence-corrected chi connectivity index (χ4v) is 2.93. The number of hydrogen-bond acceptors (Lipinski definition) is 3. The molecule has 0 aliphatic rings. The number of aryl methyl sites for hydroxylation is 1. The van der Waals surface area contributed by atoms with Crippen LogP contribution in [0.25, 0.3) is 6.08 Å². The van der Waals surface area contributed by atoms with Gasteiger partial charge in [0.25, 0.3) is 0 Å². The van der Waals surface area contributed by atoms with Crippen molar-refractivity contribution in [1.82, 2.24) is 0 Å². The maximum absolute atomic E-state index is 10.5. The van der Waals surface area contributed by atoms with Crippen LogP contribution in [0.5, 0.6) is 0 Å². The lowest BCUT2D eigenvalue weighted by molar-refractivity contribution is -0.131. The number of anilines is 1. The summed E-state index contributed by atoms with van der Waals surface area (Å²) in [6.07, 6.45) is 3.81. The molecule has 1 aromatic carbocycles. The second-order valence-electron chi connectivity index (χ2n) is 4.97. The van der Waals surface area contributed by atoms with E-state index < -0.39 is 5.97 Å². The van der Waals surface area contributed by atoms with E-state index in [1.54, 1.807) is 17.4 Å². The Labute approximate surface area is 129 Å². The molecule has 0 aliphatic carbocycles. The van der Waals surface area contributed by atoms with Gasteiger partial charge in [0, 0.05) is 30.2 Å². The summed E-state index contributed by atoms with van der Waals surface area (Å²) in [4.78, 5) is 14.2. The minimum Gasteiger partial charge on any atom is -0.478 e. The van der Waals surface area contributed by atoms with Gasteiger partial charge in [0.15, 0.2) is 0 Å². The molecule has 0 amide bonds. The van der Waals surface area contributed by atoms with Crippen molar-refractivity contribution in [1.29, 1.82) is 0 Å². The molecule has 0 spiro atoms. The molecule has 0 radical (unpaired) electrons. The van der Waals surface area contributed by atoms with Crippen molar-refractivity contribution >= 4 is 29.1 Å². The molecule has 21 heavy (non-hydrogen) atoms. The summed E-state index contributed by atoms with van der Waals surface area (Å²) in [6.45, 7) is 3.01. The fraction of sp³-hybridized carbons (Fsp3) is 0.235. The second-order valence-corrected chi connectivity index (χ2v) is 6.00. The summed E-state index contributed by atoms with van der Waals surface area (Å²) in [7, 11) is 2.09. The van der Waals surface area contributed by atoms with Crippen LogP contribution in [-0.4, -0.2) is 24.7 Å². The zero-order chi connectivity index (χ0) is 15.2. The van der Waals surface area contributed by atoms with E-state index in [0.29, 0.717) is 0 Å². The van der Waals surface area contributed by atoms with Crippen LogP contribution in [0.3, 0.4) is 0 Å². The van der Waals surface area contributed by atoms with Gasteiger partial charge in [-0.25, -0.2) is 4.79 Å². The first-order chi connectivity index (χ1) is 10.1. The molecule has 0 aliphatic heterocycles. The minimum absolute atomic E-state index is 0.908. The first-order valence-electron chi connectivity index (χ1n) is 6.81. The fourth-order valence-electron chi connectivity index (χ4n) is 2.23. The van der Waals surface area contributed by atoms with Gasteiger partial charge in [0.1, 0.15) is 0 Å². The van der Waals surface area contributed by atoms with Crippen molar-refractivity contribution in [3.63, 3.8) is 0 Å². The van der Waals surface area contributed by atoms with E-state index in [1.165, 1.54) is 10.6 Å². The topological polar surface area (TPSA) is 40.5 Å². The van der Waals surface area contributed by atoms with Crippen LogP contribution in [0.2, 0.25) is 0 Å². The highest BCUT2D eigenvalue weighted by atomic mass is 32.1. The Bertz CT molecular complexity index is 632. The molecule has 0 fully saturated rings. The molecule has 3 nitrogen and oxygen atoms in total. The van der Waals surface area contributed by atoms with E-state index in [4.69, 9.17) is 5.11 Å². The summed E-state index contributed by atoms with van der Waals surface area (Å²) in [5, 5.41) is 10.8. The zero-order valence-corrected chi connectivity index (χ0v) is 13.1. The van der Waals surface area contributed by atoms with Gasteiger partial charge < -0.3 is 10.0 Å². The number of aliphatic carboxylic acids is 1. The van der Waals surface area contributed by atoms with Gasteiger partial charge >= 0.3 is 5.97 Å². The molecular formula is C17H19NO2S. The van der Waals surface area contributed by atoms with Crippen molar-refractivity contribution < 1.29 is 9.90 Å². The van der Waals surface area contributed by atoms with Crippen molar-refractivity contribution in [2.24, 2.45) is 0 Å². The number of thiophene rings is 1. The maximum atomic E-state index is 10.5. The van der Waals surface area contributed by atoms with Crippen molar-refractivity contribution in [2.75, 3.05) is 18.5 Å². The first kappa shape index (κ1) is 15.3. The standard InChI is InChI=1S/C17H19NO2S/c1-13-12-14(6-8-17(19)20)5-7-16(13)18(2)10-9-15-4-3-11-21-15/h3-8,11-12H,9-10H2,1-2H3,(H,19,20). The number of carbonyl (C=O) groups is 1. The quantitative estimate of drug-likeness (QED) is 0.824. The average molecular weight is 301 g/mol. The third-order valence-corrected chi connectivity index (χ3v) is 4.26. The van der Waals surface area contributed by atoms with E-state index in [9.17, 15) is 4.79 Å². The number of hydrogen-bond donors (Lipinski definition) is 1. The SMILES string of the molecule is Cc1cc(C=CC(=O)O)ccc1N(C)CCc1cccs1. The van der Waals surface area contributed by atoms with Crippen LogP contribution in [0.4, 0.5) is 5.69 Å². The number of carboxylic acid groups (broad SMARTS) is 1. The molecule has 2 rings (SSSR count). The first-order valence-corrected chi connectivity index (χ1v) is 7.69. The van der Waals surface area contributed by atoms with Crippen LogP contribution in [0, 0.1) is 6.92 Å². The summed E-state index contributed by atoms with van der Waals surface area (Å²) >= 11 is 1.78. The van der Waals surface area contributed by atoms with Gasteiger partial charge in [0.05, 0.1) is 0 Å². The molecule has 1 heterocycles. The molecule has 1 N–H and O–H groups in total. The normalized spacial score (nSPS) is 11.0. The van der Waals surface area contributed by atoms with Gasteiger partial charge in [-0.3, -0.25) is 0 Å². The number of rotatable bonds is 6. The van der Waals surface area contributed by atoms with Gasteiger partial charge in [-0.2, -0.15) is 0 Å². The molecular weight excluding hydrogens is 282 g/mol. The third kappa shape index (κ3) is 4.46. The van der Waals surface area contributed by atoms with E-state index in [2.05, 4.69) is 36.4 Å². The Hall–Kier alpha value is -2.07. The number of likely N-dealkylation sites (N-methyl/N-ethyl adjacent to an activating group) is 1. The summed E-state index contributed by atoms with van der Waals surface area (Å²) in [5.74, 6) is -0.926. The molecule has 4 heteroatoms. The highest BCUT2D eigenvalue weighted by molar-refractivity contribution is 7.09. The van der Waals surface area contributed by atoms with E-state index >= 15 is 0 Å². The van der Waals surface area contributed by atoms with E-state index in [-0.39, 0.29) is 0 Å². The molecule has 2 aromatic rings. The maximum Gasteiger partial charge on any atom is 0.328 e. The highest BCUT2D eigenvalue weighted by Gasteiger charge is 2.05. The third-order valence-electron chi connectivity index (χ3n) is 3.32. The van der Waals surface area contributed by atoms with Crippen LogP contribution in [0.1, 0.15) is 16.0 Å².